The minimum Gasteiger partial charge on any atom is -0.362 e. The molecule has 0 amide bonds. The van der Waals surface area contributed by atoms with Crippen molar-refractivity contribution in [3.8, 4) is 0 Å². The van der Waals surface area contributed by atoms with Gasteiger partial charge in [0.1, 0.15) is 0 Å². The van der Waals surface area contributed by atoms with Gasteiger partial charge in [0.05, 0.1) is 0 Å². The Balaban J connectivity index is 1.80. The summed E-state index contributed by atoms with van der Waals surface area (Å²) in [5.41, 5.74) is 4.14. The van der Waals surface area contributed by atoms with Crippen molar-refractivity contribution in [2.75, 3.05) is 6.54 Å². The van der Waals surface area contributed by atoms with Gasteiger partial charge >= 0.3 is 0 Å². The zero-order valence-electron chi connectivity index (χ0n) is 8.29. The van der Waals surface area contributed by atoms with Crippen LogP contribution in [0.1, 0.15) is 19.8 Å². The molecule has 0 aliphatic heterocycles. The highest BCUT2D eigenvalue weighted by molar-refractivity contribution is 7.80. The monoisotopic (exact) mass is 209 g/mol. The van der Waals surface area contributed by atoms with Crippen LogP contribution in [-0.4, -0.2) is 17.4 Å². The van der Waals surface area contributed by atoms with E-state index in [1.165, 1.54) is 5.71 Å². The van der Waals surface area contributed by atoms with Gasteiger partial charge in [-0.25, -0.2) is 0 Å². The Morgan fingerprint density at radius 2 is 2.57 bits per heavy atom. The van der Waals surface area contributed by atoms with Crippen LogP contribution in [0.4, 0.5) is 0 Å². The largest absolute Gasteiger partial charge is 0.362 e. The van der Waals surface area contributed by atoms with Gasteiger partial charge in [-0.15, -0.1) is 0 Å². The predicted molar refractivity (Wildman–Crippen MR) is 62.2 cm³/mol. The van der Waals surface area contributed by atoms with E-state index in [2.05, 4.69) is 28.0 Å². The summed E-state index contributed by atoms with van der Waals surface area (Å²) in [6.07, 6.45) is 6.80. The van der Waals surface area contributed by atoms with E-state index in [4.69, 9.17) is 12.2 Å². The number of nitrogens with zero attached hydrogens (tertiary/aromatic N) is 1. The van der Waals surface area contributed by atoms with Gasteiger partial charge in [0, 0.05) is 18.2 Å². The van der Waals surface area contributed by atoms with Crippen molar-refractivity contribution < 1.29 is 0 Å². The molecule has 0 aromatic rings. The number of hydrazone groups is 1. The lowest BCUT2D eigenvalue weighted by Gasteiger charge is -2.31. The maximum Gasteiger partial charge on any atom is 0.186 e. The molecule has 0 heterocycles. The van der Waals surface area contributed by atoms with E-state index in [0.717, 1.165) is 25.3 Å². The first-order valence-electron chi connectivity index (χ1n) is 5.08. The number of hydrogen-bond donors (Lipinski definition) is 2. The first kappa shape index (κ1) is 9.65. The van der Waals surface area contributed by atoms with E-state index >= 15 is 0 Å². The molecule has 2 rings (SSSR count). The molecule has 3 nitrogen and oxygen atoms in total. The Morgan fingerprint density at radius 3 is 3.29 bits per heavy atom. The van der Waals surface area contributed by atoms with Crippen molar-refractivity contribution in [1.82, 2.24) is 10.7 Å². The van der Waals surface area contributed by atoms with E-state index in [0.29, 0.717) is 11.0 Å². The molecule has 0 radical (unpaired) electrons. The highest BCUT2D eigenvalue weighted by atomic mass is 32.1. The minimum atomic E-state index is 0.620. The number of thiocarbonyl (C=S) groups is 1. The third-order valence-electron chi connectivity index (χ3n) is 2.80. The molecule has 0 unspecified atom stereocenters. The molecular formula is C10H15N3S. The van der Waals surface area contributed by atoms with Crippen LogP contribution in [0, 0.1) is 11.8 Å². The van der Waals surface area contributed by atoms with E-state index < -0.39 is 0 Å². The number of nitrogens with one attached hydrogen (secondary N) is 2. The van der Waals surface area contributed by atoms with E-state index in [9.17, 15) is 0 Å². The van der Waals surface area contributed by atoms with Crippen molar-refractivity contribution in [2.24, 2.45) is 16.9 Å². The fraction of sp³-hybridized carbons (Fsp3) is 0.600. The van der Waals surface area contributed by atoms with Crippen LogP contribution >= 0.6 is 12.2 Å². The lowest BCUT2D eigenvalue weighted by Crippen LogP contribution is -2.38. The standard InChI is InChI=1S/C10H15N3S/c1-2-11-10(14)13-12-9-6-7-4-3-5-8(7)9/h3-4,7-8H,2,5-6H2,1H3,(H2,11,13,14)/b12-9-/t7-,8+/m1/s1. The van der Waals surface area contributed by atoms with Gasteiger partial charge in [-0.2, -0.15) is 5.10 Å². The zero-order chi connectivity index (χ0) is 9.97. The van der Waals surface area contributed by atoms with Gasteiger partial charge in [-0.05, 0) is 37.9 Å². The predicted octanol–water partition coefficient (Wildman–Crippen LogP) is 1.42. The average molecular weight is 209 g/mol. The molecule has 0 spiro atoms. The van der Waals surface area contributed by atoms with Gasteiger partial charge in [-0.3, -0.25) is 5.43 Å². The van der Waals surface area contributed by atoms with Crippen molar-refractivity contribution in [1.29, 1.82) is 0 Å². The number of fused-ring (bicyclic) bond motifs is 1. The number of hydrogen-bond acceptors (Lipinski definition) is 2. The summed E-state index contributed by atoms with van der Waals surface area (Å²) in [6, 6.07) is 0. The Hall–Kier alpha value is -0.900. The van der Waals surface area contributed by atoms with Crippen LogP contribution in [0.3, 0.4) is 0 Å². The van der Waals surface area contributed by atoms with E-state index in [1.807, 2.05) is 6.92 Å². The topological polar surface area (TPSA) is 36.4 Å². The molecular weight excluding hydrogens is 194 g/mol. The maximum atomic E-state index is 5.02. The van der Waals surface area contributed by atoms with Gasteiger partial charge in [0.2, 0.25) is 0 Å². The summed E-state index contributed by atoms with van der Waals surface area (Å²) in [4.78, 5) is 0. The molecule has 0 aromatic carbocycles. The molecule has 0 saturated heterocycles. The average Bonchev–Trinajstić information content (AvgIpc) is 2.48. The molecule has 2 N–H and O–H groups in total. The molecule has 0 aromatic heterocycles. The second-order valence-corrected chi connectivity index (χ2v) is 4.12. The maximum absolute atomic E-state index is 5.02. The summed E-state index contributed by atoms with van der Waals surface area (Å²) in [7, 11) is 0. The highest BCUT2D eigenvalue weighted by Crippen LogP contribution is 2.39. The second-order valence-electron chi connectivity index (χ2n) is 3.71. The smallest absolute Gasteiger partial charge is 0.186 e. The van der Waals surface area contributed by atoms with Crippen LogP contribution in [0.15, 0.2) is 17.3 Å². The highest BCUT2D eigenvalue weighted by Gasteiger charge is 2.37. The third kappa shape index (κ3) is 1.80. The van der Waals surface area contributed by atoms with Crippen LogP contribution < -0.4 is 10.7 Å². The summed E-state index contributed by atoms with van der Waals surface area (Å²) in [6.45, 7) is 2.85. The Labute approximate surface area is 89.6 Å². The fourth-order valence-electron chi connectivity index (χ4n) is 1.99. The minimum absolute atomic E-state index is 0.620. The van der Waals surface area contributed by atoms with Crippen LogP contribution in [0.2, 0.25) is 0 Å². The fourth-order valence-corrected chi connectivity index (χ4v) is 2.18. The van der Waals surface area contributed by atoms with Crippen LogP contribution in [0.5, 0.6) is 0 Å². The van der Waals surface area contributed by atoms with Gasteiger partial charge in [0.15, 0.2) is 5.11 Å². The normalized spacial score (nSPS) is 31.1. The molecule has 4 heteroatoms. The van der Waals surface area contributed by atoms with Crippen molar-refractivity contribution in [2.45, 2.75) is 19.8 Å². The van der Waals surface area contributed by atoms with Crippen molar-refractivity contribution >= 4 is 23.0 Å². The van der Waals surface area contributed by atoms with Crippen molar-refractivity contribution in [3.63, 3.8) is 0 Å². The zero-order valence-corrected chi connectivity index (χ0v) is 9.10. The second kappa shape index (κ2) is 4.09. The van der Waals surface area contributed by atoms with Crippen molar-refractivity contribution in [3.05, 3.63) is 12.2 Å². The van der Waals surface area contributed by atoms with Gasteiger partial charge < -0.3 is 5.32 Å². The first-order valence-corrected chi connectivity index (χ1v) is 5.49. The third-order valence-corrected chi connectivity index (χ3v) is 3.04. The molecule has 0 bridgehead atoms. The van der Waals surface area contributed by atoms with Crippen LogP contribution in [-0.2, 0) is 0 Å². The molecule has 1 saturated carbocycles. The first-order chi connectivity index (χ1) is 6.81. The summed E-state index contributed by atoms with van der Waals surface area (Å²) >= 11 is 5.02. The Bertz CT molecular complexity index is 296. The van der Waals surface area contributed by atoms with Gasteiger partial charge in [-0.1, -0.05) is 12.2 Å². The number of allylic oxidation sites excluding steroid dienone is 2. The van der Waals surface area contributed by atoms with Crippen LogP contribution in [0.25, 0.3) is 0 Å². The summed E-state index contributed by atoms with van der Waals surface area (Å²) in [5, 5.41) is 7.94. The Kier molecular flexibility index (Phi) is 2.82. The molecule has 2 atom stereocenters. The molecule has 2 aliphatic carbocycles. The molecule has 76 valence electrons. The van der Waals surface area contributed by atoms with E-state index in [1.54, 1.807) is 0 Å². The summed E-state index contributed by atoms with van der Waals surface area (Å²) < 4.78 is 0. The quantitative estimate of drug-likeness (QED) is 0.410. The van der Waals surface area contributed by atoms with E-state index in [-0.39, 0.29) is 0 Å². The Morgan fingerprint density at radius 1 is 1.71 bits per heavy atom. The molecule has 1 fully saturated rings. The van der Waals surface area contributed by atoms with Gasteiger partial charge in [0.25, 0.3) is 0 Å². The lowest BCUT2D eigenvalue weighted by molar-refractivity contribution is 0.463. The molecule has 2 aliphatic rings. The number of rotatable bonds is 2. The lowest BCUT2D eigenvalue weighted by atomic mass is 9.74. The molecule has 14 heavy (non-hydrogen) atoms. The summed E-state index contributed by atoms with van der Waals surface area (Å²) in [5.74, 6) is 1.41. The SMILES string of the molecule is CCNC(=S)N/N=C1/C[C@H]2C=CC[C@H]12.